The lowest BCUT2D eigenvalue weighted by molar-refractivity contribution is 0.350. The zero-order valence-electron chi connectivity index (χ0n) is 9.36. The van der Waals surface area contributed by atoms with Gasteiger partial charge in [0.15, 0.2) is 0 Å². The van der Waals surface area contributed by atoms with E-state index in [4.69, 9.17) is 5.11 Å². The van der Waals surface area contributed by atoms with Crippen LogP contribution in [-0.2, 0) is 16.8 Å². The normalized spacial score (nSPS) is 10.9. The van der Waals surface area contributed by atoms with E-state index in [0.717, 1.165) is 9.75 Å². The molecule has 1 aromatic rings. The molecule has 0 aromatic carbocycles. The highest BCUT2D eigenvalue weighted by atomic mass is 32.2. The Bertz CT molecular complexity index is 511. The Morgan fingerprint density at radius 3 is 2.82 bits per heavy atom. The molecule has 0 unspecified atom stereocenters. The molecule has 17 heavy (non-hydrogen) atoms. The Morgan fingerprint density at radius 2 is 2.18 bits per heavy atom. The van der Waals surface area contributed by atoms with Gasteiger partial charge in [0.25, 0.3) is 10.2 Å². The molecule has 5 nitrogen and oxygen atoms in total. The summed E-state index contributed by atoms with van der Waals surface area (Å²) in [6.45, 7) is 2.13. The molecule has 0 amide bonds. The fourth-order valence-corrected chi connectivity index (χ4v) is 2.82. The maximum absolute atomic E-state index is 11.3. The van der Waals surface area contributed by atoms with Gasteiger partial charge in [-0.05, 0) is 12.1 Å². The topological polar surface area (TPSA) is 78.4 Å². The van der Waals surface area contributed by atoms with E-state index in [9.17, 15) is 8.42 Å². The third kappa shape index (κ3) is 5.30. The van der Waals surface area contributed by atoms with Gasteiger partial charge in [0.2, 0.25) is 0 Å². The van der Waals surface area contributed by atoms with Crippen LogP contribution in [0.15, 0.2) is 12.1 Å². The summed E-state index contributed by atoms with van der Waals surface area (Å²) in [5, 5.41) is 8.53. The minimum absolute atomic E-state index is 0.180. The van der Waals surface area contributed by atoms with Crippen molar-refractivity contribution in [2.24, 2.45) is 0 Å². The van der Waals surface area contributed by atoms with Crippen molar-refractivity contribution in [2.75, 3.05) is 13.2 Å². The van der Waals surface area contributed by atoms with Crippen LogP contribution in [0, 0.1) is 11.8 Å². The molecule has 0 atom stereocenters. The summed E-state index contributed by atoms with van der Waals surface area (Å²) in [5.74, 6) is 5.30. The van der Waals surface area contributed by atoms with Crippen LogP contribution in [0.4, 0.5) is 0 Å². The van der Waals surface area contributed by atoms with Crippen molar-refractivity contribution in [1.82, 2.24) is 9.44 Å². The maximum atomic E-state index is 11.3. The average Bonchev–Trinajstić information content (AvgIpc) is 2.72. The lowest BCUT2D eigenvalue weighted by Gasteiger charge is -2.04. The number of aliphatic hydroxyl groups excluding tert-OH is 1. The van der Waals surface area contributed by atoms with E-state index in [1.54, 1.807) is 19.1 Å². The van der Waals surface area contributed by atoms with Gasteiger partial charge >= 0.3 is 0 Å². The van der Waals surface area contributed by atoms with Crippen LogP contribution in [0.2, 0.25) is 0 Å². The predicted octanol–water partition coefficient (Wildman–Crippen LogP) is 0.0358. The Balaban J connectivity index is 2.56. The first-order valence-electron chi connectivity index (χ1n) is 5.00. The molecule has 1 aromatic heterocycles. The molecule has 1 heterocycles. The second-order valence-electron chi connectivity index (χ2n) is 3.05. The highest BCUT2D eigenvalue weighted by Crippen LogP contribution is 2.15. The number of nitrogens with one attached hydrogen (secondary N) is 2. The Hall–Kier alpha value is -0.910. The summed E-state index contributed by atoms with van der Waals surface area (Å²) < 4.78 is 27.4. The van der Waals surface area contributed by atoms with Crippen molar-refractivity contribution >= 4 is 21.5 Å². The van der Waals surface area contributed by atoms with Crippen LogP contribution < -0.4 is 9.44 Å². The highest BCUT2D eigenvalue weighted by molar-refractivity contribution is 7.87. The van der Waals surface area contributed by atoms with Gasteiger partial charge in [-0.25, -0.2) is 4.72 Å². The van der Waals surface area contributed by atoms with Crippen molar-refractivity contribution < 1.29 is 13.5 Å². The van der Waals surface area contributed by atoms with Crippen LogP contribution in [0.3, 0.4) is 0 Å². The summed E-state index contributed by atoms with van der Waals surface area (Å²) in [6.07, 6.45) is 0. The standard InChI is InChI=1S/C10H14N2O3S2/c1-2-11-17(14,15)12-8-10-6-5-9(16-10)4-3-7-13/h5-6,11-13H,2,7-8H2,1H3. The molecule has 0 saturated carbocycles. The van der Waals surface area contributed by atoms with E-state index in [0.29, 0.717) is 6.54 Å². The third-order valence-electron chi connectivity index (χ3n) is 1.72. The zero-order valence-corrected chi connectivity index (χ0v) is 11.0. The first-order valence-corrected chi connectivity index (χ1v) is 7.30. The van der Waals surface area contributed by atoms with E-state index >= 15 is 0 Å². The molecule has 1 rings (SSSR count). The molecule has 0 aliphatic carbocycles. The number of rotatable bonds is 5. The van der Waals surface area contributed by atoms with Gasteiger partial charge in [0.05, 0.1) is 4.88 Å². The van der Waals surface area contributed by atoms with Crippen molar-refractivity contribution in [1.29, 1.82) is 0 Å². The minimum Gasteiger partial charge on any atom is -0.384 e. The van der Waals surface area contributed by atoms with Crippen LogP contribution in [0.5, 0.6) is 0 Å². The van der Waals surface area contributed by atoms with Gasteiger partial charge in [-0.3, -0.25) is 0 Å². The molecule has 3 N–H and O–H groups in total. The molecule has 7 heteroatoms. The van der Waals surface area contributed by atoms with Gasteiger partial charge in [-0.15, -0.1) is 11.3 Å². The van der Waals surface area contributed by atoms with E-state index < -0.39 is 10.2 Å². The largest absolute Gasteiger partial charge is 0.384 e. The molecular weight excluding hydrogens is 260 g/mol. The number of thiophene rings is 1. The molecule has 0 spiro atoms. The van der Waals surface area contributed by atoms with Crippen molar-refractivity contribution in [3.8, 4) is 11.8 Å². The van der Waals surface area contributed by atoms with Crippen molar-refractivity contribution in [3.63, 3.8) is 0 Å². The first kappa shape index (κ1) is 14.2. The second kappa shape index (κ2) is 6.74. The fourth-order valence-electron chi connectivity index (χ4n) is 1.07. The summed E-state index contributed by atoms with van der Waals surface area (Å²) >= 11 is 1.39. The number of aliphatic hydroxyl groups is 1. The molecular formula is C10H14N2O3S2. The Kier molecular flexibility index (Phi) is 5.61. The third-order valence-corrected chi connectivity index (χ3v) is 3.92. The molecule has 0 aliphatic heterocycles. The molecule has 94 valence electrons. The van der Waals surface area contributed by atoms with Crippen LogP contribution in [0.25, 0.3) is 0 Å². The Morgan fingerprint density at radius 1 is 1.41 bits per heavy atom. The SMILES string of the molecule is CCNS(=O)(=O)NCc1ccc(C#CCO)s1. The zero-order chi connectivity index (χ0) is 12.7. The lowest BCUT2D eigenvalue weighted by Crippen LogP contribution is -2.35. The van der Waals surface area contributed by atoms with Gasteiger partial charge in [-0.2, -0.15) is 13.1 Å². The monoisotopic (exact) mass is 274 g/mol. The number of hydrogen-bond acceptors (Lipinski definition) is 4. The van der Waals surface area contributed by atoms with Crippen molar-refractivity contribution in [3.05, 3.63) is 21.9 Å². The van der Waals surface area contributed by atoms with E-state index in [-0.39, 0.29) is 13.2 Å². The quantitative estimate of drug-likeness (QED) is 0.663. The molecule has 0 fully saturated rings. The minimum atomic E-state index is -3.41. The van der Waals surface area contributed by atoms with Crippen LogP contribution >= 0.6 is 11.3 Å². The molecule has 0 aliphatic rings. The van der Waals surface area contributed by atoms with Crippen LogP contribution in [0.1, 0.15) is 16.7 Å². The number of hydrogen-bond donors (Lipinski definition) is 3. The smallest absolute Gasteiger partial charge is 0.277 e. The van der Waals surface area contributed by atoms with E-state index in [1.165, 1.54) is 11.3 Å². The maximum Gasteiger partial charge on any atom is 0.277 e. The molecule has 0 radical (unpaired) electrons. The van der Waals surface area contributed by atoms with Gasteiger partial charge in [-0.1, -0.05) is 18.8 Å². The van der Waals surface area contributed by atoms with Crippen LogP contribution in [-0.4, -0.2) is 26.7 Å². The Labute approximate surface area is 105 Å². The van der Waals surface area contributed by atoms with Gasteiger partial charge in [0, 0.05) is 18.0 Å². The van der Waals surface area contributed by atoms with E-state index in [2.05, 4.69) is 21.3 Å². The predicted molar refractivity (Wildman–Crippen MR) is 67.7 cm³/mol. The van der Waals surface area contributed by atoms with Gasteiger partial charge < -0.3 is 5.11 Å². The molecule has 0 saturated heterocycles. The highest BCUT2D eigenvalue weighted by Gasteiger charge is 2.07. The summed E-state index contributed by atoms with van der Waals surface area (Å²) in [4.78, 5) is 1.67. The summed E-state index contributed by atoms with van der Waals surface area (Å²) in [6, 6.07) is 3.60. The van der Waals surface area contributed by atoms with E-state index in [1.807, 2.05) is 0 Å². The van der Waals surface area contributed by atoms with Gasteiger partial charge in [0.1, 0.15) is 6.61 Å². The first-order chi connectivity index (χ1) is 8.07. The molecule has 0 bridgehead atoms. The average molecular weight is 274 g/mol. The fraction of sp³-hybridized carbons (Fsp3) is 0.400. The van der Waals surface area contributed by atoms with Crippen molar-refractivity contribution in [2.45, 2.75) is 13.5 Å². The summed E-state index contributed by atoms with van der Waals surface area (Å²) in [7, 11) is -3.41. The lowest BCUT2D eigenvalue weighted by atomic mass is 10.4. The second-order valence-corrected chi connectivity index (χ2v) is 5.80. The summed E-state index contributed by atoms with van der Waals surface area (Å²) in [5.41, 5.74) is 0.